The molecule has 1 aromatic rings. The predicted molar refractivity (Wildman–Crippen MR) is 80.2 cm³/mol. The first-order valence-electron chi connectivity index (χ1n) is 7.90. The van der Waals surface area contributed by atoms with Gasteiger partial charge in [-0.05, 0) is 19.8 Å². The molecule has 0 bridgehead atoms. The molecule has 3 heterocycles. The van der Waals surface area contributed by atoms with Crippen molar-refractivity contribution in [3.8, 4) is 0 Å². The van der Waals surface area contributed by atoms with E-state index in [2.05, 4.69) is 27.3 Å². The molecule has 1 aromatic heterocycles. The third kappa shape index (κ3) is 3.45. The molecule has 0 spiro atoms. The molecule has 6 nitrogen and oxygen atoms in total. The molecule has 1 atom stereocenters. The number of hydrogen-bond donors (Lipinski definition) is 2. The van der Waals surface area contributed by atoms with Gasteiger partial charge in [0.15, 0.2) is 0 Å². The molecule has 0 aromatic carbocycles. The average molecular weight is 294 g/mol. The molecule has 0 aliphatic carbocycles. The van der Waals surface area contributed by atoms with Crippen LogP contribution in [0.1, 0.15) is 24.1 Å². The maximum atomic E-state index is 5.81. The fraction of sp³-hybridized carbons (Fsp3) is 0.800. The Labute approximate surface area is 126 Å². The van der Waals surface area contributed by atoms with Gasteiger partial charge in [-0.3, -0.25) is 10.00 Å². The van der Waals surface area contributed by atoms with Gasteiger partial charge in [0.25, 0.3) is 0 Å². The van der Waals surface area contributed by atoms with Crippen LogP contribution in [0, 0.1) is 6.92 Å². The second-order valence-electron chi connectivity index (χ2n) is 6.10. The van der Waals surface area contributed by atoms with Gasteiger partial charge in [-0.2, -0.15) is 5.10 Å². The number of aromatic amines is 1. The van der Waals surface area contributed by atoms with Crippen molar-refractivity contribution in [3.63, 3.8) is 0 Å². The highest BCUT2D eigenvalue weighted by atomic mass is 16.5. The number of aromatic nitrogens is 2. The van der Waals surface area contributed by atoms with Crippen molar-refractivity contribution in [1.82, 2.24) is 20.4 Å². The largest absolute Gasteiger partial charge is 0.379 e. The molecule has 2 N–H and O–H groups in total. The maximum absolute atomic E-state index is 5.81. The lowest BCUT2D eigenvalue weighted by molar-refractivity contribution is -0.0850. The van der Waals surface area contributed by atoms with Crippen molar-refractivity contribution in [3.05, 3.63) is 17.5 Å². The first-order chi connectivity index (χ1) is 10.3. The van der Waals surface area contributed by atoms with E-state index < -0.39 is 0 Å². The van der Waals surface area contributed by atoms with Crippen molar-refractivity contribution >= 4 is 0 Å². The zero-order chi connectivity index (χ0) is 14.5. The van der Waals surface area contributed by atoms with Gasteiger partial charge in [0.2, 0.25) is 0 Å². The van der Waals surface area contributed by atoms with E-state index in [1.54, 1.807) is 0 Å². The van der Waals surface area contributed by atoms with Crippen LogP contribution in [-0.4, -0.2) is 66.7 Å². The topological polar surface area (TPSA) is 62.4 Å². The van der Waals surface area contributed by atoms with E-state index in [9.17, 15) is 0 Å². The van der Waals surface area contributed by atoms with Crippen molar-refractivity contribution in [2.45, 2.75) is 31.8 Å². The molecule has 6 heteroatoms. The summed E-state index contributed by atoms with van der Waals surface area (Å²) in [5.74, 6) is 0. The third-order valence-electron chi connectivity index (χ3n) is 4.69. The number of morpholine rings is 1. The minimum absolute atomic E-state index is 0.125. The molecule has 118 valence electrons. The highest BCUT2D eigenvalue weighted by Crippen LogP contribution is 2.27. The molecule has 2 fully saturated rings. The standard InChI is InChI=1S/C15H26N4O2/c1-13-14(10-17-18-13)9-16-11-15(3-2-6-21-12-15)19-4-7-20-8-5-19/h10,16H,2-9,11-12H2,1H3,(H,17,18). The smallest absolute Gasteiger partial charge is 0.0662 e. The van der Waals surface area contributed by atoms with Crippen LogP contribution in [0.2, 0.25) is 0 Å². The average Bonchev–Trinajstić information content (AvgIpc) is 2.95. The van der Waals surface area contributed by atoms with E-state index in [1.165, 1.54) is 12.0 Å². The molecule has 2 aliphatic rings. The first-order valence-corrected chi connectivity index (χ1v) is 7.90. The van der Waals surface area contributed by atoms with E-state index in [0.29, 0.717) is 0 Å². The van der Waals surface area contributed by atoms with Crippen LogP contribution in [0.4, 0.5) is 0 Å². The van der Waals surface area contributed by atoms with E-state index in [1.807, 2.05) is 6.20 Å². The van der Waals surface area contributed by atoms with Crippen molar-refractivity contribution < 1.29 is 9.47 Å². The van der Waals surface area contributed by atoms with Crippen LogP contribution < -0.4 is 5.32 Å². The lowest BCUT2D eigenvalue weighted by Crippen LogP contribution is -2.62. The number of rotatable bonds is 5. The Kier molecular flexibility index (Phi) is 4.90. The van der Waals surface area contributed by atoms with Gasteiger partial charge < -0.3 is 14.8 Å². The molecule has 2 saturated heterocycles. The van der Waals surface area contributed by atoms with Crippen molar-refractivity contribution in [2.75, 3.05) is 46.1 Å². The summed E-state index contributed by atoms with van der Waals surface area (Å²) in [7, 11) is 0. The highest BCUT2D eigenvalue weighted by Gasteiger charge is 2.39. The zero-order valence-electron chi connectivity index (χ0n) is 12.9. The second kappa shape index (κ2) is 6.87. The number of ether oxygens (including phenoxy) is 2. The molecule has 2 aliphatic heterocycles. The quantitative estimate of drug-likeness (QED) is 0.836. The van der Waals surface area contributed by atoms with E-state index >= 15 is 0 Å². The zero-order valence-corrected chi connectivity index (χ0v) is 12.9. The monoisotopic (exact) mass is 294 g/mol. The Hall–Kier alpha value is -0.950. The first kappa shape index (κ1) is 15.0. The normalized spacial score (nSPS) is 27.9. The summed E-state index contributed by atoms with van der Waals surface area (Å²) < 4.78 is 11.3. The summed E-state index contributed by atoms with van der Waals surface area (Å²) in [5.41, 5.74) is 2.51. The summed E-state index contributed by atoms with van der Waals surface area (Å²) in [4.78, 5) is 2.56. The number of H-pyrrole nitrogens is 1. The molecule has 0 radical (unpaired) electrons. The lowest BCUT2D eigenvalue weighted by Gasteiger charge is -2.47. The second-order valence-corrected chi connectivity index (χ2v) is 6.10. The Morgan fingerprint density at radius 1 is 1.33 bits per heavy atom. The Balaban J connectivity index is 1.60. The Morgan fingerprint density at radius 3 is 2.86 bits per heavy atom. The van der Waals surface area contributed by atoms with Crippen LogP contribution in [0.3, 0.4) is 0 Å². The molecule has 1 unspecified atom stereocenters. The van der Waals surface area contributed by atoms with Crippen LogP contribution in [0.25, 0.3) is 0 Å². The molecule has 3 rings (SSSR count). The summed E-state index contributed by atoms with van der Waals surface area (Å²) >= 11 is 0. The fourth-order valence-corrected chi connectivity index (χ4v) is 3.36. The molecular weight excluding hydrogens is 268 g/mol. The predicted octanol–water partition coefficient (Wildman–Crippen LogP) is 0.689. The van der Waals surface area contributed by atoms with Gasteiger partial charge in [-0.25, -0.2) is 0 Å². The van der Waals surface area contributed by atoms with Gasteiger partial charge in [-0.15, -0.1) is 0 Å². The number of aryl methyl sites for hydroxylation is 1. The molecule has 0 saturated carbocycles. The lowest BCUT2D eigenvalue weighted by atomic mass is 9.89. The Bertz CT molecular complexity index is 437. The summed E-state index contributed by atoms with van der Waals surface area (Å²) in [5, 5.41) is 10.7. The summed E-state index contributed by atoms with van der Waals surface area (Å²) in [6, 6.07) is 0. The minimum Gasteiger partial charge on any atom is -0.379 e. The van der Waals surface area contributed by atoms with Crippen LogP contribution >= 0.6 is 0 Å². The van der Waals surface area contributed by atoms with Crippen molar-refractivity contribution in [2.24, 2.45) is 0 Å². The van der Waals surface area contributed by atoms with Gasteiger partial charge >= 0.3 is 0 Å². The Morgan fingerprint density at radius 2 is 2.19 bits per heavy atom. The molecule has 21 heavy (non-hydrogen) atoms. The van der Waals surface area contributed by atoms with E-state index in [4.69, 9.17) is 9.47 Å². The summed E-state index contributed by atoms with van der Waals surface area (Å²) in [6.07, 6.45) is 4.25. The number of hydrogen-bond acceptors (Lipinski definition) is 5. The van der Waals surface area contributed by atoms with Crippen LogP contribution in [0.15, 0.2) is 6.20 Å². The number of nitrogens with one attached hydrogen (secondary N) is 2. The van der Waals surface area contributed by atoms with Crippen molar-refractivity contribution in [1.29, 1.82) is 0 Å². The van der Waals surface area contributed by atoms with Gasteiger partial charge in [0, 0.05) is 44.0 Å². The minimum atomic E-state index is 0.125. The summed E-state index contributed by atoms with van der Waals surface area (Å²) in [6.45, 7) is 9.28. The van der Waals surface area contributed by atoms with E-state index in [-0.39, 0.29) is 5.54 Å². The number of nitrogens with zero attached hydrogens (tertiary/aromatic N) is 2. The van der Waals surface area contributed by atoms with Crippen LogP contribution in [-0.2, 0) is 16.0 Å². The van der Waals surface area contributed by atoms with Gasteiger partial charge in [-0.1, -0.05) is 0 Å². The third-order valence-corrected chi connectivity index (χ3v) is 4.69. The van der Waals surface area contributed by atoms with Gasteiger partial charge in [0.05, 0.1) is 31.6 Å². The fourth-order valence-electron chi connectivity index (χ4n) is 3.36. The SMILES string of the molecule is Cc1[nH]ncc1CNCC1(N2CCOCC2)CCCOC1. The molecule has 0 amide bonds. The maximum Gasteiger partial charge on any atom is 0.0662 e. The van der Waals surface area contributed by atoms with Crippen LogP contribution in [0.5, 0.6) is 0 Å². The van der Waals surface area contributed by atoms with E-state index in [0.717, 1.165) is 64.7 Å². The molecular formula is C15H26N4O2. The highest BCUT2D eigenvalue weighted by molar-refractivity contribution is 5.14. The van der Waals surface area contributed by atoms with Gasteiger partial charge in [0.1, 0.15) is 0 Å².